The first kappa shape index (κ1) is 19.2. The molecule has 8 heteroatoms. The molecule has 134 valence electrons. The Balaban J connectivity index is 2.17. The van der Waals surface area contributed by atoms with Gasteiger partial charge in [0.2, 0.25) is 10.0 Å². The van der Waals surface area contributed by atoms with Crippen LogP contribution in [0.5, 0.6) is 0 Å². The summed E-state index contributed by atoms with van der Waals surface area (Å²) in [6.07, 6.45) is 1.48. The van der Waals surface area contributed by atoms with E-state index in [-0.39, 0.29) is 10.5 Å². The smallest absolute Gasteiger partial charge is 0.266 e. The molecule has 0 spiro atoms. The van der Waals surface area contributed by atoms with Gasteiger partial charge in [0.15, 0.2) is 0 Å². The second-order valence-electron chi connectivity index (χ2n) is 5.68. The molecule has 2 aromatic rings. The number of rotatable bonds is 5. The highest BCUT2D eigenvalue weighted by atomic mass is 32.2. The number of nitrogens with zero attached hydrogens (tertiary/aromatic N) is 2. The van der Waals surface area contributed by atoms with Gasteiger partial charge in [-0.05, 0) is 48.0 Å². The number of amides is 1. The van der Waals surface area contributed by atoms with E-state index in [1.165, 1.54) is 30.3 Å². The maximum absolute atomic E-state index is 12.3. The van der Waals surface area contributed by atoms with Gasteiger partial charge < -0.3 is 10.2 Å². The van der Waals surface area contributed by atoms with Gasteiger partial charge in [0, 0.05) is 25.5 Å². The van der Waals surface area contributed by atoms with Crippen molar-refractivity contribution in [1.82, 2.24) is 0 Å². The van der Waals surface area contributed by atoms with Crippen LogP contribution in [0.4, 0.5) is 11.4 Å². The fourth-order valence-electron chi connectivity index (χ4n) is 2.11. The number of sulfonamides is 1. The first-order chi connectivity index (χ1) is 12.2. The SMILES string of the molecule is CN(C)c1ccc(/C=C(\C#N)C(=O)Nc2ccc(S(N)(=O)=O)cc2)cc1. The molecular formula is C18H18N4O3S. The Labute approximate surface area is 152 Å². The van der Waals surface area contributed by atoms with Crippen LogP contribution >= 0.6 is 0 Å². The lowest BCUT2D eigenvalue weighted by Gasteiger charge is -2.12. The molecule has 0 saturated heterocycles. The van der Waals surface area contributed by atoms with E-state index in [1.807, 2.05) is 37.2 Å². The number of anilines is 2. The van der Waals surface area contributed by atoms with Crippen LogP contribution in [0.3, 0.4) is 0 Å². The molecule has 0 aliphatic rings. The summed E-state index contributed by atoms with van der Waals surface area (Å²) in [5.74, 6) is -0.590. The molecule has 0 heterocycles. The highest BCUT2D eigenvalue weighted by molar-refractivity contribution is 7.89. The average molecular weight is 370 g/mol. The normalized spacial score (nSPS) is 11.5. The molecule has 0 unspecified atom stereocenters. The van der Waals surface area contributed by atoms with E-state index in [1.54, 1.807) is 12.1 Å². The molecule has 2 aromatic carbocycles. The summed E-state index contributed by atoms with van der Waals surface area (Å²) >= 11 is 0. The zero-order chi connectivity index (χ0) is 19.3. The van der Waals surface area contributed by atoms with Crippen LogP contribution in [0.1, 0.15) is 5.56 Å². The van der Waals surface area contributed by atoms with Crippen LogP contribution < -0.4 is 15.4 Å². The molecule has 7 nitrogen and oxygen atoms in total. The summed E-state index contributed by atoms with van der Waals surface area (Å²) in [6, 6.07) is 14.6. The lowest BCUT2D eigenvalue weighted by atomic mass is 10.1. The van der Waals surface area contributed by atoms with E-state index < -0.39 is 15.9 Å². The molecule has 0 aliphatic carbocycles. The van der Waals surface area contributed by atoms with Crippen molar-refractivity contribution in [3.05, 3.63) is 59.7 Å². The lowest BCUT2D eigenvalue weighted by molar-refractivity contribution is -0.112. The molecule has 3 N–H and O–H groups in total. The van der Waals surface area contributed by atoms with Gasteiger partial charge in [-0.15, -0.1) is 0 Å². The van der Waals surface area contributed by atoms with Crippen molar-refractivity contribution in [2.45, 2.75) is 4.90 Å². The largest absolute Gasteiger partial charge is 0.378 e. The Bertz CT molecular complexity index is 971. The number of nitriles is 1. The fourth-order valence-corrected chi connectivity index (χ4v) is 2.63. The van der Waals surface area contributed by atoms with Crippen molar-refractivity contribution >= 4 is 33.4 Å². The van der Waals surface area contributed by atoms with E-state index in [9.17, 15) is 18.5 Å². The molecule has 0 saturated carbocycles. The van der Waals surface area contributed by atoms with Crippen molar-refractivity contribution in [3.8, 4) is 6.07 Å². The van der Waals surface area contributed by atoms with Crippen LogP contribution in [0.15, 0.2) is 59.0 Å². The number of hydrogen-bond acceptors (Lipinski definition) is 5. The number of nitrogens with one attached hydrogen (secondary N) is 1. The van der Waals surface area contributed by atoms with E-state index >= 15 is 0 Å². The summed E-state index contributed by atoms with van der Waals surface area (Å²) in [5, 5.41) is 16.8. The van der Waals surface area contributed by atoms with E-state index in [4.69, 9.17) is 5.14 Å². The molecular weight excluding hydrogens is 352 g/mol. The minimum Gasteiger partial charge on any atom is -0.378 e. The summed E-state index contributed by atoms with van der Waals surface area (Å²) in [7, 11) is 0.0343. The van der Waals surface area contributed by atoms with Crippen molar-refractivity contribution in [1.29, 1.82) is 5.26 Å². The first-order valence-corrected chi connectivity index (χ1v) is 9.09. The lowest BCUT2D eigenvalue weighted by Crippen LogP contribution is -2.14. The molecule has 0 atom stereocenters. The number of hydrogen-bond donors (Lipinski definition) is 2. The van der Waals surface area contributed by atoms with Crippen molar-refractivity contribution in [2.75, 3.05) is 24.3 Å². The predicted octanol–water partition coefficient (Wildman–Crippen LogP) is 1.95. The monoisotopic (exact) mass is 370 g/mol. The third-order valence-corrected chi connectivity index (χ3v) is 4.46. The Morgan fingerprint density at radius 1 is 1.12 bits per heavy atom. The van der Waals surface area contributed by atoms with E-state index in [2.05, 4.69) is 5.32 Å². The number of benzene rings is 2. The average Bonchev–Trinajstić information content (AvgIpc) is 2.59. The van der Waals surface area contributed by atoms with E-state index in [0.717, 1.165) is 5.69 Å². The van der Waals surface area contributed by atoms with Crippen LogP contribution in [0.25, 0.3) is 6.08 Å². The number of primary sulfonamides is 1. The molecule has 0 radical (unpaired) electrons. The molecule has 2 rings (SSSR count). The zero-order valence-electron chi connectivity index (χ0n) is 14.3. The summed E-state index contributed by atoms with van der Waals surface area (Å²) < 4.78 is 22.5. The minimum atomic E-state index is -3.80. The highest BCUT2D eigenvalue weighted by Gasteiger charge is 2.11. The molecule has 1 amide bonds. The van der Waals surface area contributed by atoms with Gasteiger partial charge in [-0.3, -0.25) is 4.79 Å². The van der Waals surface area contributed by atoms with Gasteiger partial charge in [0.25, 0.3) is 5.91 Å². The van der Waals surface area contributed by atoms with E-state index in [0.29, 0.717) is 11.3 Å². The van der Waals surface area contributed by atoms with Crippen LogP contribution in [-0.2, 0) is 14.8 Å². The quantitative estimate of drug-likeness (QED) is 0.616. The standard InChI is InChI=1S/C18H18N4O3S/c1-22(2)16-7-3-13(4-8-16)11-14(12-19)18(23)21-15-5-9-17(10-6-15)26(20,24)25/h3-11H,1-2H3,(H,21,23)(H2,20,24,25)/b14-11+. The number of carbonyl (C=O) groups excluding carboxylic acids is 1. The van der Waals surface area contributed by atoms with Gasteiger partial charge >= 0.3 is 0 Å². The molecule has 0 bridgehead atoms. The third kappa shape index (κ3) is 4.92. The van der Waals surface area contributed by atoms with Crippen LogP contribution in [0.2, 0.25) is 0 Å². The second-order valence-corrected chi connectivity index (χ2v) is 7.24. The van der Waals surface area contributed by atoms with Gasteiger partial charge in [0.1, 0.15) is 11.6 Å². The Hall–Kier alpha value is -3.15. The Kier molecular flexibility index (Phi) is 5.77. The van der Waals surface area contributed by atoms with Gasteiger partial charge in [-0.1, -0.05) is 12.1 Å². The van der Waals surface area contributed by atoms with Gasteiger partial charge in [0.05, 0.1) is 4.90 Å². The maximum Gasteiger partial charge on any atom is 0.266 e. The molecule has 26 heavy (non-hydrogen) atoms. The summed E-state index contributed by atoms with van der Waals surface area (Å²) in [4.78, 5) is 14.1. The molecule has 0 fully saturated rings. The minimum absolute atomic E-state index is 0.0625. The Morgan fingerprint density at radius 2 is 1.69 bits per heavy atom. The molecule has 0 aliphatic heterocycles. The summed E-state index contributed by atoms with van der Waals surface area (Å²) in [6.45, 7) is 0. The van der Waals surface area contributed by atoms with Crippen molar-refractivity contribution in [2.24, 2.45) is 5.14 Å². The van der Waals surface area contributed by atoms with Crippen LogP contribution in [-0.4, -0.2) is 28.4 Å². The zero-order valence-corrected chi connectivity index (χ0v) is 15.1. The van der Waals surface area contributed by atoms with Crippen LogP contribution in [0, 0.1) is 11.3 Å². The predicted molar refractivity (Wildman–Crippen MR) is 101 cm³/mol. The third-order valence-electron chi connectivity index (χ3n) is 3.53. The fraction of sp³-hybridized carbons (Fsp3) is 0.111. The maximum atomic E-state index is 12.3. The summed E-state index contributed by atoms with van der Waals surface area (Å²) in [5.41, 5.74) is 2.00. The van der Waals surface area contributed by atoms with Gasteiger partial charge in [-0.25, -0.2) is 13.6 Å². The van der Waals surface area contributed by atoms with Gasteiger partial charge in [-0.2, -0.15) is 5.26 Å². The topological polar surface area (TPSA) is 116 Å². The van der Waals surface area contributed by atoms with Crippen molar-refractivity contribution < 1.29 is 13.2 Å². The first-order valence-electron chi connectivity index (χ1n) is 7.54. The highest BCUT2D eigenvalue weighted by Crippen LogP contribution is 2.16. The number of nitrogens with two attached hydrogens (primary N) is 1. The second kappa shape index (κ2) is 7.82. The number of carbonyl (C=O) groups is 1. The Morgan fingerprint density at radius 3 is 2.15 bits per heavy atom. The van der Waals surface area contributed by atoms with Crippen molar-refractivity contribution in [3.63, 3.8) is 0 Å². The molecule has 0 aromatic heterocycles.